The number of halogens is 1. The first-order valence-corrected chi connectivity index (χ1v) is 6.90. The molecule has 3 rings (SSSR count). The van der Waals surface area contributed by atoms with Crippen LogP contribution in [-0.4, -0.2) is 44.1 Å². The third-order valence-corrected chi connectivity index (χ3v) is 4.30. The van der Waals surface area contributed by atoms with E-state index in [1.807, 2.05) is 4.90 Å². The molecule has 0 saturated carbocycles. The Morgan fingerprint density at radius 1 is 1.37 bits per heavy atom. The average Bonchev–Trinajstić information content (AvgIpc) is 2.98. The number of hydrogen-bond donors (Lipinski definition) is 1. The number of carbonyl (C=O) groups excluding carboxylic acids is 1. The highest BCUT2D eigenvalue weighted by molar-refractivity contribution is 6.31. The molecule has 2 atom stereocenters. The molecule has 2 fully saturated rings. The Hall–Kier alpha value is -1.26. The van der Waals surface area contributed by atoms with E-state index in [0.717, 1.165) is 26.2 Å². The van der Waals surface area contributed by atoms with Crippen LogP contribution in [-0.2, 0) is 0 Å². The summed E-state index contributed by atoms with van der Waals surface area (Å²) in [5.74, 6) is 1.79. The van der Waals surface area contributed by atoms with E-state index in [9.17, 15) is 4.79 Å². The number of likely N-dealkylation sites (tertiary alicyclic amines) is 1. The van der Waals surface area contributed by atoms with Gasteiger partial charge in [0.25, 0.3) is 5.91 Å². The molecule has 5 heteroatoms. The number of hydrogen-bond acceptors (Lipinski definition) is 3. The number of carbonyl (C=O) groups is 1. The Balaban J connectivity index is 1.82. The lowest BCUT2D eigenvalue weighted by molar-refractivity contribution is 0.0778. The van der Waals surface area contributed by atoms with E-state index < -0.39 is 0 Å². The van der Waals surface area contributed by atoms with Crippen molar-refractivity contribution in [3.8, 4) is 5.75 Å². The molecule has 1 aromatic carbocycles. The topological polar surface area (TPSA) is 41.6 Å². The van der Waals surface area contributed by atoms with Gasteiger partial charge in [-0.05, 0) is 30.0 Å². The summed E-state index contributed by atoms with van der Waals surface area (Å²) in [4.78, 5) is 14.5. The number of benzene rings is 1. The fourth-order valence-electron chi connectivity index (χ4n) is 3.04. The fourth-order valence-corrected chi connectivity index (χ4v) is 3.21. The van der Waals surface area contributed by atoms with E-state index in [1.165, 1.54) is 0 Å². The van der Waals surface area contributed by atoms with Gasteiger partial charge in [0, 0.05) is 31.2 Å². The highest BCUT2D eigenvalue weighted by Gasteiger charge is 2.38. The van der Waals surface area contributed by atoms with Crippen LogP contribution < -0.4 is 10.1 Å². The second-order valence-corrected chi connectivity index (χ2v) is 5.67. The zero-order chi connectivity index (χ0) is 13.4. The van der Waals surface area contributed by atoms with Gasteiger partial charge in [-0.25, -0.2) is 0 Å². The summed E-state index contributed by atoms with van der Waals surface area (Å²) in [7, 11) is 1.57. The van der Waals surface area contributed by atoms with Gasteiger partial charge in [0.15, 0.2) is 0 Å². The van der Waals surface area contributed by atoms with Crippen LogP contribution in [0.15, 0.2) is 18.2 Å². The molecule has 2 aliphatic heterocycles. The second-order valence-electron chi connectivity index (χ2n) is 5.23. The molecule has 0 aromatic heterocycles. The lowest BCUT2D eigenvalue weighted by Crippen LogP contribution is -2.32. The zero-order valence-corrected chi connectivity index (χ0v) is 11.6. The fraction of sp³-hybridized carbons (Fsp3) is 0.500. The minimum absolute atomic E-state index is 0.0220. The summed E-state index contributed by atoms with van der Waals surface area (Å²) in [6.45, 7) is 3.68. The predicted octanol–water partition coefficient (Wildman–Crippen LogP) is 1.64. The smallest absolute Gasteiger partial charge is 0.257 e. The maximum atomic E-state index is 12.6. The van der Waals surface area contributed by atoms with Crippen molar-refractivity contribution < 1.29 is 9.53 Å². The summed E-state index contributed by atoms with van der Waals surface area (Å²) in [6, 6.07) is 5.17. The van der Waals surface area contributed by atoms with Crippen molar-refractivity contribution in [1.29, 1.82) is 0 Å². The van der Waals surface area contributed by atoms with E-state index in [0.29, 0.717) is 28.2 Å². The molecule has 0 aliphatic carbocycles. The van der Waals surface area contributed by atoms with Crippen LogP contribution in [0.25, 0.3) is 0 Å². The monoisotopic (exact) mass is 280 g/mol. The highest BCUT2D eigenvalue weighted by Crippen LogP contribution is 2.30. The maximum Gasteiger partial charge on any atom is 0.257 e. The van der Waals surface area contributed by atoms with Crippen molar-refractivity contribution in [2.24, 2.45) is 11.8 Å². The Morgan fingerprint density at radius 2 is 2.05 bits per heavy atom. The lowest BCUT2D eigenvalue weighted by Gasteiger charge is -2.19. The van der Waals surface area contributed by atoms with E-state index in [2.05, 4.69) is 5.32 Å². The average molecular weight is 281 g/mol. The van der Waals surface area contributed by atoms with E-state index in [-0.39, 0.29) is 5.91 Å². The predicted molar refractivity (Wildman–Crippen MR) is 73.8 cm³/mol. The second kappa shape index (κ2) is 5.02. The Kier molecular flexibility index (Phi) is 3.37. The first kappa shape index (κ1) is 12.8. The van der Waals surface area contributed by atoms with E-state index >= 15 is 0 Å². The Morgan fingerprint density at radius 3 is 2.68 bits per heavy atom. The Bertz CT molecular complexity index is 494. The summed E-state index contributed by atoms with van der Waals surface area (Å²) < 4.78 is 5.26. The van der Waals surface area contributed by atoms with Gasteiger partial charge in [-0.1, -0.05) is 11.6 Å². The van der Waals surface area contributed by atoms with Gasteiger partial charge in [-0.15, -0.1) is 0 Å². The molecular formula is C14H17ClN2O2. The molecule has 4 nitrogen and oxygen atoms in total. The highest BCUT2D eigenvalue weighted by atomic mass is 35.5. The molecule has 2 unspecified atom stereocenters. The third-order valence-electron chi connectivity index (χ3n) is 4.07. The molecule has 1 amide bonds. The van der Waals surface area contributed by atoms with Crippen molar-refractivity contribution in [3.05, 3.63) is 28.8 Å². The molecule has 2 heterocycles. The standard InChI is InChI=1S/C14H17ClN2O2/c1-19-13-3-2-11(15)4-12(13)14(18)17-7-9-5-16-6-10(9)8-17/h2-4,9-10,16H,5-8H2,1H3. The van der Waals surface area contributed by atoms with Crippen LogP contribution in [0.5, 0.6) is 5.75 Å². The molecule has 0 spiro atoms. The first-order chi connectivity index (χ1) is 9.19. The quantitative estimate of drug-likeness (QED) is 0.895. The van der Waals surface area contributed by atoms with Crippen LogP contribution in [0.4, 0.5) is 0 Å². The number of amides is 1. The van der Waals surface area contributed by atoms with E-state index in [4.69, 9.17) is 16.3 Å². The number of methoxy groups -OCH3 is 1. The molecule has 2 saturated heterocycles. The van der Waals surface area contributed by atoms with Gasteiger partial charge in [0.05, 0.1) is 12.7 Å². The van der Waals surface area contributed by atoms with Crippen LogP contribution in [0.2, 0.25) is 5.02 Å². The molecule has 0 radical (unpaired) electrons. The van der Waals surface area contributed by atoms with Crippen molar-refractivity contribution in [2.45, 2.75) is 0 Å². The van der Waals surface area contributed by atoms with Gasteiger partial charge >= 0.3 is 0 Å². The SMILES string of the molecule is COc1ccc(Cl)cc1C(=O)N1CC2CNCC2C1. The van der Waals surface area contributed by atoms with Crippen LogP contribution in [0, 0.1) is 11.8 Å². The summed E-state index contributed by atoms with van der Waals surface area (Å²) in [5, 5.41) is 3.93. The molecule has 0 bridgehead atoms. The van der Waals surface area contributed by atoms with Gasteiger partial charge in [-0.2, -0.15) is 0 Å². The Labute approximate surface area is 117 Å². The van der Waals surface area contributed by atoms with Gasteiger partial charge < -0.3 is 15.0 Å². The molecular weight excluding hydrogens is 264 g/mol. The number of ether oxygens (including phenoxy) is 1. The van der Waals surface area contributed by atoms with Crippen LogP contribution in [0.1, 0.15) is 10.4 Å². The first-order valence-electron chi connectivity index (χ1n) is 6.52. The van der Waals surface area contributed by atoms with Gasteiger partial charge in [-0.3, -0.25) is 4.79 Å². The minimum Gasteiger partial charge on any atom is -0.496 e. The van der Waals surface area contributed by atoms with Crippen molar-refractivity contribution in [1.82, 2.24) is 10.2 Å². The molecule has 1 N–H and O–H groups in total. The summed E-state index contributed by atoms with van der Waals surface area (Å²) >= 11 is 5.98. The van der Waals surface area contributed by atoms with Crippen LogP contribution >= 0.6 is 11.6 Å². The third kappa shape index (κ3) is 2.30. The normalized spacial score (nSPS) is 25.5. The summed E-state index contributed by atoms with van der Waals surface area (Å²) in [6.07, 6.45) is 0. The summed E-state index contributed by atoms with van der Waals surface area (Å²) in [5.41, 5.74) is 0.558. The van der Waals surface area contributed by atoms with Gasteiger partial charge in [0.1, 0.15) is 5.75 Å². The van der Waals surface area contributed by atoms with Crippen molar-refractivity contribution >= 4 is 17.5 Å². The van der Waals surface area contributed by atoms with Crippen molar-refractivity contribution in [2.75, 3.05) is 33.3 Å². The number of rotatable bonds is 2. The largest absolute Gasteiger partial charge is 0.496 e. The van der Waals surface area contributed by atoms with Crippen molar-refractivity contribution in [3.63, 3.8) is 0 Å². The molecule has 2 aliphatic rings. The minimum atomic E-state index is 0.0220. The van der Waals surface area contributed by atoms with Crippen LogP contribution in [0.3, 0.4) is 0 Å². The number of nitrogens with one attached hydrogen (secondary N) is 1. The lowest BCUT2D eigenvalue weighted by atomic mass is 10.0. The number of nitrogens with zero attached hydrogens (tertiary/aromatic N) is 1. The molecule has 1 aromatic rings. The van der Waals surface area contributed by atoms with E-state index in [1.54, 1.807) is 25.3 Å². The number of fused-ring (bicyclic) bond motifs is 1. The van der Waals surface area contributed by atoms with Gasteiger partial charge in [0.2, 0.25) is 0 Å². The molecule has 102 valence electrons. The zero-order valence-electron chi connectivity index (χ0n) is 10.9. The molecule has 19 heavy (non-hydrogen) atoms. The maximum absolute atomic E-state index is 12.6.